The van der Waals surface area contributed by atoms with Crippen molar-refractivity contribution in [2.75, 3.05) is 5.73 Å². The molecule has 0 amide bonds. The Morgan fingerprint density at radius 1 is 1.36 bits per heavy atom. The van der Waals surface area contributed by atoms with E-state index in [1.807, 2.05) is 0 Å². The number of aromatic nitrogens is 1. The predicted octanol–water partition coefficient (Wildman–Crippen LogP) is 3.38. The molecule has 0 aliphatic heterocycles. The van der Waals surface area contributed by atoms with Crippen LogP contribution in [-0.2, 0) is 6.54 Å². The lowest BCUT2D eigenvalue weighted by Gasteiger charge is -2.11. The highest BCUT2D eigenvalue weighted by Crippen LogP contribution is 2.32. The van der Waals surface area contributed by atoms with Gasteiger partial charge in [0.2, 0.25) is 0 Å². The summed E-state index contributed by atoms with van der Waals surface area (Å²) < 4.78 is 1.10. The van der Waals surface area contributed by atoms with Gasteiger partial charge >= 0.3 is 0 Å². The number of nitrogens with zero attached hydrogens (tertiary/aromatic N) is 1. The van der Waals surface area contributed by atoms with E-state index in [0.29, 0.717) is 17.6 Å². The van der Waals surface area contributed by atoms with E-state index in [1.165, 1.54) is 16.9 Å². The van der Waals surface area contributed by atoms with Crippen molar-refractivity contribution in [3.05, 3.63) is 53.6 Å². The molecular weight excluding hydrogens is 292 g/mol. The first-order valence-corrected chi connectivity index (χ1v) is 8.17. The number of nitrogens with two attached hydrogens (primary N) is 2. The minimum atomic E-state index is 0.503. The number of thiazole rings is 1. The van der Waals surface area contributed by atoms with Gasteiger partial charge in [0.15, 0.2) is 5.13 Å². The monoisotopic (exact) mass is 312 g/mol. The zero-order valence-corrected chi connectivity index (χ0v) is 13.4. The molecule has 5 heteroatoms. The average molecular weight is 312 g/mol. The Labute approximate surface area is 134 Å². The van der Waals surface area contributed by atoms with Crippen LogP contribution in [0.25, 0.3) is 15.8 Å². The first kappa shape index (κ1) is 15.0. The molecule has 0 bridgehead atoms. The maximum atomic E-state index is 5.87. The van der Waals surface area contributed by atoms with Crippen LogP contribution in [0.1, 0.15) is 24.5 Å². The molecule has 1 aliphatic carbocycles. The van der Waals surface area contributed by atoms with Crippen LogP contribution in [0.5, 0.6) is 0 Å². The van der Waals surface area contributed by atoms with Crippen molar-refractivity contribution in [3.63, 3.8) is 0 Å². The van der Waals surface area contributed by atoms with E-state index in [0.717, 1.165) is 27.8 Å². The minimum absolute atomic E-state index is 0.503. The molecule has 0 spiro atoms. The van der Waals surface area contributed by atoms with Crippen LogP contribution in [-0.4, -0.2) is 4.98 Å². The standard InChI is InChI=1S/C17H20N4S/c1-11-5-3-2-4-6-12(7-11)13-8-14(10-20-19)16-15(9-13)21-17(18)22-16/h2-4,6-9,11,20H,5,10,19H2,1H3,(H2,18,21). The van der Waals surface area contributed by atoms with E-state index in [4.69, 9.17) is 11.6 Å². The van der Waals surface area contributed by atoms with Crippen molar-refractivity contribution in [2.45, 2.75) is 19.9 Å². The highest BCUT2D eigenvalue weighted by molar-refractivity contribution is 7.22. The maximum Gasteiger partial charge on any atom is 0.181 e. The summed E-state index contributed by atoms with van der Waals surface area (Å²) in [6.45, 7) is 2.82. The molecule has 114 valence electrons. The quantitative estimate of drug-likeness (QED) is 0.600. The van der Waals surface area contributed by atoms with Crippen molar-refractivity contribution in [2.24, 2.45) is 11.8 Å². The summed E-state index contributed by atoms with van der Waals surface area (Å²) in [5.74, 6) is 6.02. The summed E-state index contributed by atoms with van der Waals surface area (Å²) in [7, 11) is 0. The largest absolute Gasteiger partial charge is 0.375 e. The molecule has 4 nitrogen and oxygen atoms in total. The third-order valence-corrected chi connectivity index (χ3v) is 4.68. The number of hydrazine groups is 1. The van der Waals surface area contributed by atoms with Crippen LogP contribution in [0, 0.1) is 5.92 Å². The van der Waals surface area contributed by atoms with Crippen molar-refractivity contribution >= 4 is 32.3 Å². The lowest BCUT2D eigenvalue weighted by molar-refractivity contribution is 0.744. The number of hydrogen-bond donors (Lipinski definition) is 3. The molecule has 1 aliphatic rings. The van der Waals surface area contributed by atoms with Gasteiger partial charge in [-0.2, -0.15) is 0 Å². The molecule has 1 aromatic carbocycles. The van der Waals surface area contributed by atoms with Crippen LogP contribution in [0.2, 0.25) is 0 Å². The van der Waals surface area contributed by atoms with E-state index in [9.17, 15) is 0 Å². The van der Waals surface area contributed by atoms with Gasteiger partial charge in [0, 0.05) is 6.54 Å². The van der Waals surface area contributed by atoms with Gasteiger partial charge in [-0.3, -0.25) is 11.3 Å². The van der Waals surface area contributed by atoms with E-state index < -0.39 is 0 Å². The van der Waals surface area contributed by atoms with Crippen LogP contribution >= 0.6 is 11.3 Å². The van der Waals surface area contributed by atoms with Gasteiger partial charge in [-0.15, -0.1) is 0 Å². The zero-order chi connectivity index (χ0) is 15.5. The summed E-state index contributed by atoms with van der Waals surface area (Å²) in [6, 6.07) is 4.28. The molecule has 1 heterocycles. The molecule has 0 saturated carbocycles. The summed E-state index contributed by atoms with van der Waals surface area (Å²) in [5, 5.41) is 0.587. The Kier molecular flexibility index (Phi) is 4.38. The second-order valence-electron chi connectivity index (χ2n) is 5.54. The Bertz CT molecular complexity index is 770. The fraction of sp³-hybridized carbons (Fsp3) is 0.235. The van der Waals surface area contributed by atoms with Gasteiger partial charge in [-0.25, -0.2) is 4.98 Å². The van der Waals surface area contributed by atoms with Gasteiger partial charge in [0.1, 0.15) is 0 Å². The third kappa shape index (κ3) is 3.11. The van der Waals surface area contributed by atoms with Gasteiger partial charge in [-0.05, 0) is 41.2 Å². The van der Waals surface area contributed by atoms with Gasteiger partial charge < -0.3 is 5.73 Å². The maximum absolute atomic E-state index is 5.87. The Balaban J connectivity index is 2.13. The van der Waals surface area contributed by atoms with Crippen molar-refractivity contribution < 1.29 is 0 Å². The summed E-state index contributed by atoms with van der Waals surface area (Å²) in [6.07, 6.45) is 11.9. The minimum Gasteiger partial charge on any atom is -0.375 e. The first-order chi connectivity index (χ1) is 10.7. The topological polar surface area (TPSA) is 77.0 Å². The van der Waals surface area contributed by atoms with E-state index in [-0.39, 0.29) is 0 Å². The molecule has 5 N–H and O–H groups in total. The van der Waals surface area contributed by atoms with Crippen LogP contribution < -0.4 is 17.0 Å². The predicted molar refractivity (Wildman–Crippen MR) is 95.1 cm³/mol. The lowest BCUT2D eigenvalue weighted by atomic mass is 9.95. The molecule has 1 aromatic heterocycles. The van der Waals surface area contributed by atoms with Crippen molar-refractivity contribution in [1.82, 2.24) is 10.4 Å². The van der Waals surface area contributed by atoms with Crippen molar-refractivity contribution in [1.29, 1.82) is 0 Å². The molecule has 0 fully saturated rings. The van der Waals surface area contributed by atoms with Crippen LogP contribution in [0.4, 0.5) is 5.13 Å². The number of anilines is 1. The molecule has 3 rings (SSSR count). The smallest absolute Gasteiger partial charge is 0.181 e. The normalized spacial score (nSPS) is 18.3. The fourth-order valence-electron chi connectivity index (χ4n) is 2.68. The number of nitrogen functional groups attached to an aromatic ring is 1. The SMILES string of the molecule is CC1C=C(c2cc(CNN)c3sc(N)nc3c2)C=CC=CC1. The number of hydrogen-bond acceptors (Lipinski definition) is 5. The van der Waals surface area contributed by atoms with Gasteiger partial charge in [-0.1, -0.05) is 48.6 Å². The highest BCUT2D eigenvalue weighted by Gasteiger charge is 2.11. The summed E-state index contributed by atoms with van der Waals surface area (Å²) >= 11 is 1.50. The second kappa shape index (κ2) is 6.44. The van der Waals surface area contributed by atoms with Crippen LogP contribution in [0.15, 0.2) is 42.5 Å². The van der Waals surface area contributed by atoms with E-state index >= 15 is 0 Å². The molecule has 0 radical (unpaired) electrons. The number of fused-ring (bicyclic) bond motifs is 1. The Morgan fingerprint density at radius 3 is 3.05 bits per heavy atom. The number of allylic oxidation sites excluding steroid dienone is 6. The third-order valence-electron chi connectivity index (χ3n) is 3.70. The number of rotatable bonds is 3. The molecule has 1 unspecified atom stereocenters. The second-order valence-corrected chi connectivity index (χ2v) is 6.57. The molecule has 2 aromatic rings. The molecule has 1 atom stereocenters. The first-order valence-electron chi connectivity index (χ1n) is 7.35. The highest BCUT2D eigenvalue weighted by atomic mass is 32.1. The fourth-order valence-corrected chi connectivity index (χ4v) is 3.51. The summed E-state index contributed by atoms with van der Waals surface area (Å²) in [4.78, 5) is 4.43. The number of benzene rings is 1. The molecule has 0 saturated heterocycles. The van der Waals surface area contributed by atoms with Gasteiger partial charge in [0.25, 0.3) is 0 Å². The van der Waals surface area contributed by atoms with E-state index in [1.54, 1.807) is 0 Å². The van der Waals surface area contributed by atoms with Crippen LogP contribution in [0.3, 0.4) is 0 Å². The molecule has 22 heavy (non-hydrogen) atoms. The Hall–Kier alpha value is -1.95. The summed E-state index contributed by atoms with van der Waals surface area (Å²) in [5.41, 5.74) is 13.0. The van der Waals surface area contributed by atoms with Crippen molar-refractivity contribution in [3.8, 4) is 0 Å². The Morgan fingerprint density at radius 2 is 2.23 bits per heavy atom. The lowest BCUT2D eigenvalue weighted by Crippen LogP contribution is -2.20. The average Bonchev–Trinajstić information content (AvgIpc) is 2.83. The number of nitrogens with one attached hydrogen (secondary N) is 1. The van der Waals surface area contributed by atoms with Gasteiger partial charge in [0.05, 0.1) is 10.2 Å². The molecular formula is C17H20N4S. The van der Waals surface area contributed by atoms with E-state index in [2.05, 4.69) is 59.8 Å². The zero-order valence-electron chi connectivity index (χ0n) is 12.5.